The van der Waals surface area contributed by atoms with Crippen LogP contribution >= 0.6 is 23.2 Å². The summed E-state index contributed by atoms with van der Waals surface area (Å²) in [5.41, 5.74) is 1.33. The van der Waals surface area contributed by atoms with Crippen LogP contribution in [0.25, 0.3) is 0 Å². The van der Waals surface area contributed by atoms with E-state index in [2.05, 4.69) is 19.1 Å². The Labute approximate surface area is 125 Å². The molecule has 0 saturated heterocycles. The van der Waals surface area contributed by atoms with Gasteiger partial charge in [0.15, 0.2) is 0 Å². The van der Waals surface area contributed by atoms with E-state index in [9.17, 15) is 0 Å². The van der Waals surface area contributed by atoms with Crippen molar-refractivity contribution in [3.8, 4) is 5.75 Å². The average Bonchev–Trinajstić information content (AvgIpc) is 2.42. The van der Waals surface area contributed by atoms with Crippen LogP contribution in [0.4, 0.5) is 0 Å². The van der Waals surface area contributed by atoms with Crippen LogP contribution in [-0.2, 0) is 11.2 Å². The summed E-state index contributed by atoms with van der Waals surface area (Å²) in [6.07, 6.45) is 4.61. The van der Waals surface area contributed by atoms with Crippen molar-refractivity contribution in [3.05, 3.63) is 40.4 Å². The van der Waals surface area contributed by atoms with E-state index in [1.165, 1.54) is 5.56 Å². The first-order valence-electron chi connectivity index (χ1n) is 6.53. The first kappa shape index (κ1) is 16.4. The van der Waals surface area contributed by atoms with Gasteiger partial charge >= 0.3 is 0 Å². The van der Waals surface area contributed by atoms with Crippen molar-refractivity contribution < 1.29 is 9.47 Å². The highest BCUT2D eigenvalue weighted by Crippen LogP contribution is 2.13. The van der Waals surface area contributed by atoms with E-state index in [1.54, 1.807) is 6.08 Å². The van der Waals surface area contributed by atoms with E-state index in [-0.39, 0.29) is 4.49 Å². The third kappa shape index (κ3) is 8.14. The molecule has 0 unspecified atom stereocenters. The molecular weight excluding hydrogens is 283 g/mol. The second-order valence-corrected chi connectivity index (χ2v) is 5.13. The van der Waals surface area contributed by atoms with Crippen molar-refractivity contribution in [3.63, 3.8) is 0 Å². The maximum Gasteiger partial charge on any atom is 0.119 e. The molecule has 0 aromatic heterocycles. The van der Waals surface area contributed by atoms with Crippen molar-refractivity contribution in [1.29, 1.82) is 0 Å². The van der Waals surface area contributed by atoms with E-state index in [4.69, 9.17) is 32.7 Å². The van der Waals surface area contributed by atoms with E-state index >= 15 is 0 Å². The van der Waals surface area contributed by atoms with Gasteiger partial charge in [0.25, 0.3) is 0 Å². The van der Waals surface area contributed by atoms with Crippen molar-refractivity contribution in [2.45, 2.75) is 26.2 Å². The lowest BCUT2D eigenvalue weighted by Crippen LogP contribution is -2.01. The molecule has 106 valence electrons. The molecular formula is C15H20Cl2O2. The molecule has 0 spiro atoms. The Kier molecular flexibility index (Phi) is 8.72. The largest absolute Gasteiger partial charge is 0.494 e. The van der Waals surface area contributed by atoms with Crippen LogP contribution in [0.1, 0.15) is 25.3 Å². The van der Waals surface area contributed by atoms with Gasteiger partial charge in [0.1, 0.15) is 10.2 Å². The third-order valence-corrected chi connectivity index (χ3v) is 2.95. The van der Waals surface area contributed by atoms with Gasteiger partial charge in [0.2, 0.25) is 0 Å². The highest BCUT2D eigenvalue weighted by atomic mass is 35.5. The van der Waals surface area contributed by atoms with Crippen LogP contribution in [-0.4, -0.2) is 19.8 Å². The summed E-state index contributed by atoms with van der Waals surface area (Å²) in [6, 6.07) is 8.23. The number of benzene rings is 1. The molecule has 4 heteroatoms. The maximum absolute atomic E-state index is 5.64. The lowest BCUT2D eigenvalue weighted by atomic mass is 10.2. The van der Waals surface area contributed by atoms with Gasteiger partial charge < -0.3 is 9.47 Å². The van der Waals surface area contributed by atoms with Gasteiger partial charge in [-0.2, -0.15) is 0 Å². The van der Waals surface area contributed by atoms with Gasteiger partial charge in [-0.25, -0.2) is 0 Å². The van der Waals surface area contributed by atoms with E-state index in [0.717, 1.165) is 25.0 Å². The zero-order valence-corrected chi connectivity index (χ0v) is 12.7. The van der Waals surface area contributed by atoms with Gasteiger partial charge in [-0.05, 0) is 43.0 Å². The zero-order chi connectivity index (χ0) is 13.9. The molecule has 0 aliphatic rings. The SMILES string of the molecule is CCc1ccc(OCCCCOCC=C(Cl)Cl)cc1. The van der Waals surface area contributed by atoms with E-state index in [1.807, 2.05) is 12.1 Å². The molecule has 0 saturated carbocycles. The summed E-state index contributed by atoms with van der Waals surface area (Å²) in [5.74, 6) is 0.926. The van der Waals surface area contributed by atoms with Gasteiger partial charge in [-0.1, -0.05) is 42.3 Å². The minimum Gasteiger partial charge on any atom is -0.494 e. The molecule has 19 heavy (non-hydrogen) atoms. The minimum atomic E-state index is 0.249. The summed E-state index contributed by atoms with van der Waals surface area (Å²) >= 11 is 10.9. The van der Waals surface area contributed by atoms with Crippen LogP contribution in [0.15, 0.2) is 34.8 Å². The molecule has 1 aromatic carbocycles. The highest BCUT2D eigenvalue weighted by molar-refractivity contribution is 6.55. The molecule has 0 amide bonds. The smallest absolute Gasteiger partial charge is 0.119 e. The molecule has 2 nitrogen and oxygen atoms in total. The van der Waals surface area contributed by atoms with Gasteiger partial charge in [-0.3, -0.25) is 0 Å². The van der Waals surface area contributed by atoms with Crippen LogP contribution < -0.4 is 4.74 Å². The van der Waals surface area contributed by atoms with Crippen molar-refractivity contribution in [2.24, 2.45) is 0 Å². The topological polar surface area (TPSA) is 18.5 Å². The van der Waals surface area contributed by atoms with Gasteiger partial charge in [0.05, 0.1) is 13.2 Å². The Morgan fingerprint density at radius 1 is 1.11 bits per heavy atom. The fourth-order valence-corrected chi connectivity index (χ4v) is 1.65. The zero-order valence-electron chi connectivity index (χ0n) is 11.2. The minimum absolute atomic E-state index is 0.249. The predicted molar refractivity (Wildman–Crippen MR) is 81.2 cm³/mol. The fraction of sp³-hybridized carbons (Fsp3) is 0.467. The summed E-state index contributed by atoms with van der Waals surface area (Å²) in [7, 11) is 0. The third-order valence-electron chi connectivity index (χ3n) is 2.64. The van der Waals surface area contributed by atoms with Gasteiger partial charge in [0, 0.05) is 6.61 Å². The Bertz CT molecular complexity index is 370. The first-order chi connectivity index (χ1) is 9.22. The number of hydrogen-bond acceptors (Lipinski definition) is 2. The normalized spacial score (nSPS) is 10.3. The standard InChI is InChI=1S/C15H20Cl2O2/c1-2-13-5-7-14(8-6-13)19-11-4-3-10-18-12-9-15(16)17/h5-9H,2-4,10-12H2,1H3. The Hall–Kier alpha value is -0.700. The second kappa shape index (κ2) is 10.1. The lowest BCUT2D eigenvalue weighted by Gasteiger charge is -2.06. The number of aryl methyl sites for hydroxylation is 1. The quantitative estimate of drug-likeness (QED) is 0.613. The molecule has 0 N–H and O–H groups in total. The van der Waals surface area contributed by atoms with Crippen LogP contribution in [0.5, 0.6) is 5.75 Å². The number of halogens is 2. The number of ether oxygens (including phenoxy) is 2. The Balaban J connectivity index is 2.02. The van der Waals surface area contributed by atoms with Crippen molar-refractivity contribution >= 4 is 23.2 Å². The molecule has 0 heterocycles. The Morgan fingerprint density at radius 3 is 2.42 bits per heavy atom. The van der Waals surface area contributed by atoms with E-state index in [0.29, 0.717) is 19.8 Å². The van der Waals surface area contributed by atoms with Crippen LogP contribution in [0.2, 0.25) is 0 Å². The number of hydrogen-bond donors (Lipinski definition) is 0. The number of unbranched alkanes of at least 4 members (excludes halogenated alkanes) is 1. The van der Waals surface area contributed by atoms with Crippen molar-refractivity contribution in [1.82, 2.24) is 0 Å². The van der Waals surface area contributed by atoms with Crippen molar-refractivity contribution in [2.75, 3.05) is 19.8 Å². The molecule has 0 atom stereocenters. The second-order valence-electron chi connectivity index (χ2n) is 4.12. The summed E-state index contributed by atoms with van der Waals surface area (Å²) in [6.45, 7) is 4.00. The molecule has 0 radical (unpaired) electrons. The summed E-state index contributed by atoms with van der Waals surface area (Å²) < 4.78 is 11.2. The molecule has 0 bridgehead atoms. The summed E-state index contributed by atoms with van der Waals surface area (Å²) in [4.78, 5) is 0. The maximum atomic E-state index is 5.64. The van der Waals surface area contributed by atoms with Gasteiger partial charge in [-0.15, -0.1) is 0 Å². The number of rotatable bonds is 9. The molecule has 0 aliphatic heterocycles. The summed E-state index contributed by atoms with van der Waals surface area (Å²) in [5, 5.41) is 0. The molecule has 0 fully saturated rings. The van der Waals surface area contributed by atoms with E-state index < -0.39 is 0 Å². The molecule has 1 rings (SSSR count). The predicted octanol–water partition coefficient (Wildman–Crippen LogP) is 4.74. The molecule has 1 aromatic rings. The average molecular weight is 303 g/mol. The first-order valence-corrected chi connectivity index (χ1v) is 7.28. The lowest BCUT2D eigenvalue weighted by molar-refractivity contribution is 0.152. The fourth-order valence-electron chi connectivity index (χ4n) is 1.52. The molecule has 0 aliphatic carbocycles. The highest BCUT2D eigenvalue weighted by Gasteiger charge is 1.95. The Morgan fingerprint density at radius 2 is 1.79 bits per heavy atom. The monoisotopic (exact) mass is 302 g/mol. The van der Waals surface area contributed by atoms with Crippen LogP contribution in [0.3, 0.4) is 0 Å². The van der Waals surface area contributed by atoms with Crippen LogP contribution in [0, 0.1) is 0 Å².